The zero-order valence-corrected chi connectivity index (χ0v) is 20.1. The number of halogens is 1. The molecule has 33 heavy (non-hydrogen) atoms. The van der Waals surface area contributed by atoms with Crippen molar-refractivity contribution >= 4 is 47.2 Å². The molecule has 1 aromatic heterocycles. The van der Waals surface area contributed by atoms with Crippen molar-refractivity contribution in [2.45, 2.75) is 10.1 Å². The van der Waals surface area contributed by atoms with E-state index in [9.17, 15) is 4.79 Å². The van der Waals surface area contributed by atoms with Crippen molar-refractivity contribution in [3.63, 3.8) is 0 Å². The van der Waals surface area contributed by atoms with Crippen LogP contribution in [0.4, 0.5) is 0 Å². The molecule has 6 nitrogen and oxygen atoms in total. The lowest BCUT2D eigenvalue weighted by Crippen LogP contribution is -2.20. The molecule has 0 saturated carbocycles. The van der Waals surface area contributed by atoms with Crippen LogP contribution in [0.15, 0.2) is 94.0 Å². The van der Waals surface area contributed by atoms with Crippen LogP contribution in [0.5, 0.6) is 0 Å². The summed E-state index contributed by atoms with van der Waals surface area (Å²) in [6.45, 7) is 0. The van der Waals surface area contributed by atoms with E-state index in [4.69, 9.17) is 11.6 Å². The number of hydrogen-bond acceptors (Lipinski definition) is 6. The zero-order chi connectivity index (χ0) is 23.0. The number of nitrogens with zero attached hydrogens (tertiary/aromatic N) is 4. The number of aromatic nitrogens is 3. The summed E-state index contributed by atoms with van der Waals surface area (Å²) in [7, 11) is 0. The largest absolute Gasteiger partial charge is 0.272 e. The van der Waals surface area contributed by atoms with Crippen molar-refractivity contribution in [3.05, 3.63) is 89.4 Å². The quantitative estimate of drug-likeness (QED) is 0.198. The Morgan fingerprint density at radius 3 is 2.45 bits per heavy atom. The average molecular weight is 494 g/mol. The van der Waals surface area contributed by atoms with Crippen LogP contribution in [0, 0.1) is 0 Å². The molecule has 1 heterocycles. The van der Waals surface area contributed by atoms with Gasteiger partial charge in [0.2, 0.25) is 0 Å². The number of thioether (sulfide) groups is 2. The van der Waals surface area contributed by atoms with Crippen LogP contribution < -0.4 is 5.43 Å². The first-order chi connectivity index (χ1) is 16.1. The second kappa shape index (κ2) is 11.2. The summed E-state index contributed by atoms with van der Waals surface area (Å²) in [6, 6.07) is 25.1. The summed E-state index contributed by atoms with van der Waals surface area (Å²) in [5.41, 5.74) is 5.26. The molecule has 0 unspecified atom stereocenters. The van der Waals surface area contributed by atoms with Gasteiger partial charge in [-0.2, -0.15) is 5.10 Å². The topological polar surface area (TPSA) is 72.2 Å². The Hall–Kier alpha value is -3.07. The van der Waals surface area contributed by atoms with Gasteiger partial charge in [-0.15, -0.1) is 22.0 Å². The maximum absolute atomic E-state index is 12.4. The molecule has 0 bridgehead atoms. The second-order valence-corrected chi connectivity index (χ2v) is 9.10. The van der Waals surface area contributed by atoms with Crippen LogP contribution in [0.2, 0.25) is 5.02 Å². The molecular weight excluding hydrogens is 474 g/mol. The van der Waals surface area contributed by atoms with E-state index in [1.165, 1.54) is 16.7 Å². The number of hydrazone groups is 1. The first kappa shape index (κ1) is 23.1. The minimum absolute atomic E-state index is 0.142. The summed E-state index contributed by atoms with van der Waals surface area (Å²) >= 11 is 9.03. The van der Waals surface area contributed by atoms with Crippen molar-refractivity contribution < 1.29 is 4.79 Å². The fourth-order valence-corrected chi connectivity index (χ4v) is 4.27. The SMILES string of the molecule is CSc1ccc(/C=N\NC(=O)CSc2nnc(-c3ccccc3)n2-c2ccc(Cl)cc2)cc1. The highest BCUT2D eigenvalue weighted by atomic mass is 35.5. The summed E-state index contributed by atoms with van der Waals surface area (Å²) in [5, 5.41) is 14.0. The lowest BCUT2D eigenvalue weighted by Gasteiger charge is -2.10. The fraction of sp³-hybridized carbons (Fsp3) is 0.0833. The monoisotopic (exact) mass is 493 g/mol. The number of nitrogens with one attached hydrogen (secondary N) is 1. The molecule has 0 radical (unpaired) electrons. The van der Waals surface area contributed by atoms with Crippen molar-refractivity contribution in [1.82, 2.24) is 20.2 Å². The van der Waals surface area contributed by atoms with Gasteiger partial charge >= 0.3 is 0 Å². The Morgan fingerprint density at radius 1 is 1.03 bits per heavy atom. The number of carbonyl (C=O) groups excluding carboxylic acids is 1. The van der Waals surface area contributed by atoms with E-state index in [1.54, 1.807) is 18.0 Å². The number of benzene rings is 3. The lowest BCUT2D eigenvalue weighted by atomic mass is 10.2. The third kappa shape index (κ3) is 6.04. The number of amides is 1. The molecule has 0 atom stereocenters. The van der Waals surface area contributed by atoms with Crippen LogP contribution in [0.25, 0.3) is 17.1 Å². The molecule has 4 rings (SSSR count). The third-order valence-electron chi connectivity index (χ3n) is 4.60. The van der Waals surface area contributed by atoms with Crippen LogP contribution in [-0.2, 0) is 4.79 Å². The second-order valence-electron chi connectivity index (χ2n) is 6.84. The summed E-state index contributed by atoms with van der Waals surface area (Å²) in [5.74, 6) is 0.597. The number of carbonyl (C=O) groups is 1. The number of hydrogen-bond donors (Lipinski definition) is 1. The van der Waals surface area contributed by atoms with Gasteiger partial charge in [-0.1, -0.05) is 65.8 Å². The van der Waals surface area contributed by atoms with Crippen LogP contribution in [-0.4, -0.2) is 38.9 Å². The van der Waals surface area contributed by atoms with Crippen molar-refractivity contribution in [2.24, 2.45) is 5.10 Å². The molecule has 0 fully saturated rings. The predicted octanol–water partition coefficient (Wildman–Crippen LogP) is 5.55. The van der Waals surface area contributed by atoms with Gasteiger partial charge in [0.25, 0.3) is 5.91 Å². The maximum Gasteiger partial charge on any atom is 0.250 e. The Labute approximate surface area is 205 Å². The molecule has 0 aliphatic carbocycles. The first-order valence-corrected chi connectivity index (χ1v) is 12.6. The van der Waals surface area contributed by atoms with Gasteiger partial charge in [0, 0.05) is 21.2 Å². The first-order valence-electron chi connectivity index (χ1n) is 9.99. The molecule has 166 valence electrons. The van der Waals surface area contributed by atoms with E-state index in [0.29, 0.717) is 16.0 Å². The van der Waals surface area contributed by atoms with Gasteiger partial charge < -0.3 is 0 Å². The molecule has 1 amide bonds. The average Bonchev–Trinajstić information content (AvgIpc) is 3.28. The third-order valence-corrected chi connectivity index (χ3v) is 6.53. The van der Waals surface area contributed by atoms with E-state index in [1.807, 2.05) is 89.7 Å². The van der Waals surface area contributed by atoms with Gasteiger partial charge in [0.15, 0.2) is 11.0 Å². The standard InChI is InChI=1S/C24H20ClN5OS2/c1-32-21-13-7-17(8-14-21)15-26-27-22(31)16-33-24-29-28-23(18-5-3-2-4-6-18)30(24)20-11-9-19(25)10-12-20/h2-15H,16H2,1H3,(H,27,31)/b26-15-. The Bertz CT molecular complexity index is 1240. The number of rotatable bonds is 8. The molecule has 0 aliphatic heterocycles. The maximum atomic E-state index is 12.4. The summed E-state index contributed by atoms with van der Waals surface area (Å²) in [4.78, 5) is 13.5. The summed E-state index contributed by atoms with van der Waals surface area (Å²) in [6.07, 6.45) is 3.65. The normalized spacial score (nSPS) is 11.1. The van der Waals surface area contributed by atoms with Crippen LogP contribution in [0.1, 0.15) is 5.56 Å². The molecule has 0 saturated heterocycles. The van der Waals surface area contributed by atoms with Crippen molar-refractivity contribution in [1.29, 1.82) is 0 Å². The highest BCUT2D eigenvalue weighted by molar-refractivity contribution is 7.99. The molecule has 9 heteroatoms. The van der Waals surface area contributed by atoms with Gasteiger partial charge in [-0.25, -0.2) is 5.43 Å². The molecular formula is C24H20ClN5OS2. The lowest BCUT2D eigenvalue weighted by molar-refractivity contribution is -0.118. The van der Waals surface area contributed by atoms with Crippen molar-refractivity contribution in [2.75, 3.05) is 12.0 Å². The van der Waals surface area contributed by atoms with Gasteiger partial charge in [0.05, 0.1) is 12.0 Å². The molecule has 4 aromatic rings. The van der Waals surface area contributed by atoms with Crippen LogP contribution >= 0.6 is 35.1 Å². The molecule has 1 N–H and O–H groups in total. The smallest absolute Gasteiger partial charge is 0.250 e. The Balaban J connectivity index is 1.47. The van der Waals surface area contributed by atoms with E-state index in [0.717, 1.165) is 16.8 Å². The van der Waals surface area contributed by atoms with Gasteiger partial charge in [-0.05, 0) is 48.2 Å². The Kier molecular flexibility index (Phi) is 7.83. The highest BCUT2D eigenvalue weighted by Crippen LogP contribution is 2.28. The molecule has 0 spiro atoms. The minimum Gasteiger partial charge on any atom is -0.272 e. The van der Waals surface area contributed by atoms with Crippen LogP contribution in [0.3, 0.4) is 0 Å². The van der Waals surface area contributed by atoms with E-state index in [2.05, 4.69) is 20.7 Å². The van der Waals surface area contributed by atoms with Gasteiger partial charge in [-0.3, -0.25) is 9.36 Å². The molecule has 0 aliphatic rings. The summed E-state index contributed by atoms with van der Waals surface area (Å²) < 4.78 is 1.92. The van der Waals surface area contributed by atoms with E-state index < -0.39 is 0 Å². The fourth-order valence-electron chi connectivity index (χ4n) is 2.99. The minimum atomic E-state index is -0.232. The van der Waals surface area contributed by atoms with E-state index >= 15 is 0 Å². The predicted molar refractivity (Wildman–Crippen MR) is 136 cm³/mol. The van der Waals surface area contributed by atoms with Crippen molar-refractivity contribution in [3.8, 4) is 17.1 Å². The van der Waals surface area contributed by atoms with E-state index in [-0.39, 0.29) is 11.7 Å². The zero-order valence-electron chi connectivity index (χ0n) is 17.7. The highest BCUT2D eigenvalue weighted by Gasteiger charge is 2.17. The van der Waals surface area contributed by atoms with Gasteiger partial charge in [0.1, 0.15) is 0 Å². The Morgan fingerprint density at radius 2 is 1.76 bits per heavy atom. The molecule has 3 aromatic carbocycles.